The quantitative estimate of drug-likeness (QED) is 0.437. The third kappa shape index (κ3) is 4.20. The standard InChI is InChI=1S/C16H21IO2/c17-11-12-19-16(18)15(13-7-3-1-4-8-13)14-9-5-2-6-10-14/h1,3-4,7-8,14-15H,2,5-6,9-12H2. The van der Waals surface area contributed by atoms with Gasteiger partial charge in [0, 0.05) is 4.43 Å². The predicted molar refractivity (Wildman–Crippen MR) is 85.6 cm³/mol. The van der Waals surface area contributed by atoms with Crippen molar-refractivity contribution in [3.63, 3.8) is 0 Å². The summed E-state index contributed by atoms with van der Waals surface area (Å²) in [5.41, 5.74) is 1.12. The minimum Gasteiger partial charge on any atom is -0.464 e. The molecule has 1 aromatic rings. The molecule has 0 bridgehead atoms. The van der Waals surface area contributed by atoms with Gasteiger partial charge in [-0.25, -0.2) is 0 Å². The highest BCUT2D eigenvalue weighted by atomic mass is 127. The SMILES string of the molecule is O=C(OCCI)C(c1ccccc1)C1CCCCC1. The van der Waals surface area contributed by atoms with Crippen LogP contribution in [0.4, 0.5) is 0 Å². The van der Waals surface area contributed by atoms with Crippen molar-refractivity contribution in [2.45, 2.75) is 38.0 Å². The van der Waals surface area contributed by atoms with E-state index in [2.05, 4.69) is 34.7 Å². The number of rotatable bonds is 5. The summed E-state index contributed by atoms with van der Waals surface area (Å²) in [5, 5.41) is 0. The number of hydrogen-bond donors (Lipinski definition) is 0. The van der Waals surface area contributed by atoms with Crippen molar-refractivity contribution in [1.82, 2.24) is 0 Å². The van der Waals surface area contributed by atoms with Crippen molar-refractivity contribution in [1.29, 1.82) is 0 Å². The molecule has 1 unspecified atom stereocenters. The number of halogens is 1. The normalized spacial score (nSPS) is 17.9. The van der Waals surface area contributed by atoms with E-state index in [1.807, 2.05) is 18.2 Å². The minimum atomic E-state index is -0.0653. The van der Waals surface area contributed by atoms with Crippen LogP contribution in [0.25, 0.3) is 0 Å². The number of carbonyl (C=O) groups is 1. The highest BCUT2D eigenvalue weighted by Crippen LogP contribution is 2.36. The first kappa shape index (κ1) is 14.8. The minimum absolute atomic E-state index is 0.0326. The smallest absolute Gasteiger partial charge is 0.313 e. The van der Waals surface area contributed by atoms with E-state index < -0.39 is 0 Å². The maximum absolute atomic E-state index is 12.4. The number of esters is 1. The lowest BCUT2D eigenvalue weighted by Gasteiger charge is -2.29. The van der Waals surface area contributed by atoms with E-state index in [1.165, 1.54) is 19.3 Å². The number of alkyl halides is 1. The van der Waals surface area contributed by atoms with Gasteiger partial charge in [-0.2, -0.15) is 0 Å². The fourth-order valence-corrected chi connectivity index (χ4v) is 3.18. The van der Waals surface area contributed by atoms with E-state index in [0.29, 0.717) is 12.5 Å². The number of benzene rings is 1. The second-order valence-corrected chi connectivity index (χ2v) is 6.22. The van der Waals surface area contributed by atoms with Gasteiger partial charge in [0.25, 0.3) is 0 Å². The molecule has 0 spiro atoms. The Morgan fingerprint density at radius 3 is 2.53 bits per heavy atom. The van der Waals surface area contributed by atoms with Crippen LogP contribution in [0.5, 0.6) is 0 Å². The van der Waals surface area contributed by atoms with Crippen LogP contribution < -0.4 is 0 Å². The molecule has 1 atom stereocenters. The Bertz CT molecular complexity index is 385. The van der Waals surface area contributed by atoms with E-state index in [4.69, 9.17) is 4.74 Å². The molecule has 104 valence electrons. The molecule has 1 aliphatic carbocycles. The molecule has 0 radical (unpaired) electrons. The summed E-state index contributed by atoms with van der Waals surface area (Å²) in [6.07, 6.45) is 6.10. The molecule has 3 heteroatoms. The molecule has 0 saturated heterocycles. The monoisotopic (exact) mass is 372 g/mol. The van der Waals surface area contributed by atoms with E-state index >= 15 is 0 Å². The van der Waals surface area contributed by atoms with Crippen molar-refractivity contribution in [2.24, 2.45) is 5.92 Å². The number of carbonyl (C=O) groups excluding carboxylic acids is 1. The molecule has 0 aliphatic heterocycles. The number of ether oxygens (including phenoxy) is 1. The summed E-state index contributed by atoms with van der Waals surface area (Å²) in [6, 6.07) is 10.1. The summed E-state index contributed by atoms with van der Waals surface area (Å²) in [4.78, 5) is 12.4. The van der Waals surface area contributed by atoms with Gasteiger partial charge in [0.2, 0.25) is 0 Å². The zero-order valence-corrected chi connectivity index (χ0v) is 13.3. The van der Waals surface area contributed by atoms with Crippen molar-refractivity contribution < 1.29 is 9.53 Å². The van der Waals surface area contributed by atoms with Gasteiger partial charge in [0.1, 0.15) is 6.61 Å². The maximum Gasteiger partial charge on any atom is 0.313 e. The van der Waals surface area contributed by atoms with E-state index in [1.54, 1.807) is 0 Å². The van der Waals surface area contributed by atoms with Gasteiger partial charge in [0.15, 0.2) is 0 Å². The Balaban J connectivity index is 2.14. The van der Waals surface area contributed by atoms with Crippen LogP contribution in [-0.2, 0) is 9.53 Å². The lowest BCUT2D eigenvalue weighted by atomic mass is 9.77. The second-order valence-electron chi connectivity index (χ2n) is 5.14. The van der Waals surface area contributed by atoms with E-state index in [-0.39, 0.29) is 11.9 Å². The van der Waals surface area contributed by atoms with Gasteiger partial charge in [-0.15, -0.1) is 0 Å². The average molecular weight is 372 g/mol. The molecule has 19 heavy (non-hydrogen) atoms. The Morgan fingerprint density at radius 1 is 1.21 bits per heavy atom. The molecule has 0 heterocycles. The number of hydrogen-bond acceptors (Lipinski definition) is 2. The summed E-state index contributed by atoms with van der Waals surface area (Å²) in [7, 11) is 0. The van der Waals surface area contributed by atoms with Gasteiger partial charge in [-0.3, -0.25) is 4.79 Å². The maximum atomic E-state index is 12.4. The van der Waals surface area contributed by atoms with Crippen molar-refractivity contribution in [3.8, 4) is 0 Å². The highest BCUT2D eigenvalue weighted by Gasteiger charge is 2.31. The Morgan fingerprint density at radius 2 is 1.89 bits per heavy atom. The van der Waals surface area contributed by atoms with Crippen LogP contribution in [-0.4, -0.2) is 17.0 Å². The molecule has 0 N–H and O–H groups in total. The molecule has 1 aliphatic rings. The van der Waals surface area contributed by atoms with Gasteiger partial charge in [-0.1, -0.05) is 72.2 Å². The molecule has 0 amide bonds. The van der Waals surface area contributed by atoms with Crippen LogP contribution in [0.1, 0.15) is 43.6 Å². The van der Waals surface area contributed by atoms with Crippen LogP contribution in [0.3, 0.4) is 0 Å². The fraction of sp³-hybridized carbons (Fsp3) is 0.562. The largest absolute Gasteiger partial charge is 0.464 e. The first-order valence-corrected chi connectivity index (χ1v) is 8.63. The molecule has 1 aromatic carbocycles. The van der Waals surface area contributed by atoms with Gasteiger partial charge >= 0.3 is 5.97 Å². The van der Waals surface area contributed by atoms with Crippen molar-refractivity contribution in [3.05, 3.63) is 35.9 Å². The first-order chi connectivity index (χ1) is 9.33. The van der Waals surface area contributed by atoms with Crippen LogP contribution in [0, 0.1) is 5.92 Å². The summed E-state index contributed by atoms with van der Waals surface area (Å²) in [5.74, 6) is 0.358. The third-order valence-electron chi connectivity index (χ3n) is 3.86. The van der Waals surface area contributed by atoms with E-state index in [0.717, 1.165) is 22.8 Å². The second kappa shape index (κ2) is 7.88. The van der Waals surface area contributed by atoms with Crippen molar-refractivity contribution >= 4 is 28.6 Å². The Labute approximate surface area is 129 Å². The molecule has 1 saturated carbocycles. The molecular weight excluding hydrogens is 351 g/mol. The lowest BCUT2D eigenvalue weighted by molar-refractivity contribution is -0.146. The summed E-state index contributed by atoms with van der Waals surface area (Å²) < 4.78 is 6.27. The van der Waals surface area contributed by atoms with Gasteiger partial charge in [-0.05, 0) is 24.3 Å². The van der Waals surface area contributed by atoms with Crippen molar-refractivity contribution in [2.75, 3.05) is 11.0 Å². The fourth-order valence-electron chi connectivity index (χ4n) is 2.96. The van der Waals surface area contributed by atoms with Crippen LogP contribution >= 0.6 is 22.6 Å². The zero-order valence-electron chi connectivity index (χ0n) is 11.2. The molecule has 2 nitrogen and oxygen atoms in total. The van der Waals surface area contributed by atoms with Crippen LogP contribution in [0.2, 0.25) is 0 Å². The van der Waals surface area contributed by atoms with Crippen LogP contribution in [0.15, 0.2) is 30.3 Å². The van der Waals surface area contributed by atoms with Gasteiger partial charge in [0.05, 0.1) is 5.92 Å². The summed E-state index contributed by atoms with van der Waals surface area (Å²) in [6.45, 7) is 0.523. The first-order valence-electron chi connectivity index (χ1n) is 7.10. The van der Waals surface area contributed by atoms with Gasteiger partial charge < -0.3 is 4.74 Å². The third-order valence-corrected chi connectivity index (χ3v) is 4.30. The predicted octanol–water partition coefficient (Wildman–Crippen LogP) is 4.33. The highest BCUT2D eigenvalue weighted by molar-refractivity contribution is 14.1. The zero-order chi connectivity index (χ0) is 13.5. The topological polar surface area (TPSA) is 26.3 Å². The Hall–Kier alpha value is -0.580. The summed E-state index contributed by atoms with van der Waals surface area (Å²) >= 11 is 2.24. The average Bonchev–Trinajstić information content (AvgIpc) is 2.47. The lowest BCUT2D eigenvalue weighted by Crippen LogP contribution is -2.26. The van der Waals surface area contributed by atoms with E-state index in [9.17, 15) is 4.79 Å². The molecule has 2 rings (SSSR count). The molecule has 0 aromatic heterocycles. The molecule has 1 fully saturated rings. The molecular formula is C16H21IO2. The Kier molecular flexibility index (Phi) is 6.14.